The van der Waals surface area contributed by atoms with Crippen molar-refractivity contribution in [3.8, 4) is 16.9 Å². The van der Waals surface area contributed by atoms with E-state index in [-0.39, 0.29) is 11.8 Å². The number of amides is 2. The molecule has 2 aliphatic heterocycles. The predicted octanol–water partition coefficient (Wildman–Crippen LogP) is 1.55. The van der Waals surface area contributed by atoms with Crippen molar-refractivity contribution in [2.75, 3.05) is 59.0 Å². The molecule has 5 rings (SSSR count). The molecule has 0 aliphatic carbocycles. The lowest BCUT2D eigenvalue weighted by atomic mass is 10.1. The molecule has 2 saturated heterocycles. The Labute approximate surface area is 198 Å². The Balaban J connectivity index is 1.30. The first kappa shape index (κ1) is 22.2. The molecule has 1 aromatic carbocycles. The van der Waals surface area contributed by atoms with Crippen LogP contribution in [0.1, 0.15) is 10.4 Å². The number of hydrogen-bond donors (Lipinski definition) is 0. The summed E-state index contributed by atoms with van der Waals surface area (Å²) < 4.78 is 7.07. The molecule has 0 N–H and O–H groups in total. The van der Waals surface area contributed by atoms with Crippen LogP contribution >= 0.6 is 0 Å². The molecule has 176 valence electrons. The Kier molecular flexibility index (Phi) is 6.64. The number of piperazine rings is 1. The second kappa shape index (κ2) is 10.1. The van der Waals surface area contributed by atoms with Crippen LogP contribution in [0.4, 0.5) is 0 Å². The largest absolute Gasteiger partial charge is 0.378 e. The second-order valence-corrected chi connectivity index (χ2v) is 8.47. The van der Waals surface area contributed by atoms with Gasteiger partial charge in [0.15, 0.2) is 0 Å². The predicted molar refractivity (Wildman–Crippen MR) is 127 cm³/mol. The Morgan fingerprint density at radius 1 is 0.882 bits per heavy atom. The summed E-state index contributed by atoms with van der Waals surface area (Å²) >= 11 is 0. The number of aromatic nitrogens is 3. The van der Waals surface area contributed by atoms with Crippen molar-refractivity contribution < 1.29 is 14.3 Å². The third kappa shape index (κ3) is 4.85. The first-order valence-electron chi connectivity index (χ1n) is 11.6. The zero-order valence-corrected chi connectivity index (χ0v) is 19.0. The molecule has 0 saturated carbocycles. The van der Waals surface area contributed by atoms with Crippen LogP contribution in [-0.2, 0) is 9.53 Å². The summed E-state index contributed by atoms with van der Waals surface area (Å²) in [5.74, 6) is 0.0752. The van der Waals surface area contributed by atoms with Crippen molar-refractivity contribution in [1.82, 2.24) is 29.5 Å². The van der Waals surface area contributed by atoms with Gasteiger partial charge in [-0.1, -0.05) is 18.2 Å². The lowest BCUT2D eigenvalue weighted by Crippen LogP contribution is -2.52. The molecule has 2 aromatic heterocycles. The SMILES string of the molecule is O=C(CN1CCN(C(=O)c2cn(-c3ccccc3)nc2-c2cccnc2)CC1)N1CCOCC1. The van der Waals surface area contributed by atoms with Gasteiger partial charge >= 0.3 is 0 Å². The van der Waals surface area contributed by atoms with Crippen LogP contribution in [0, 0.1) is 0 Å². The van der Waals surface area contributed by atoms with E-state index in [1.165, 1.54) is 0 Å². The number of carbonyl (C=O) groups excluding carboxylic acids is 2. The van der Waals surface area contributed by atoms with E-state index >= 15 is 0 Å². The number of carbonyl (C=O) groups is 2. The smallest absolute Gasteiger partial charge is 0.257 e. The second-order valence-electron chi connectivity index (χ2n) is 8.47. The van der Waals surface area contributed by atoms with Gasteiger partial charge in [-0.05, 0) is 24.3 Å². The molecule has 0 atom stereocenters. The van der Waals surface area contributed by atoms with Gasteiger partial charge in [0.2, 0.25) is 5.91 Å². The average molecular weight is 461 g/mol. The zero-order chi connectivity index (χ0) is 23.3. The minimum atomic E-state index is -0.0554. The number of morpholine rings is 1. The number of nitrogens with zero attached hydrogens (tertiary/aromatic N) is 6. The molecule has 3 aromatic rings. The van der Waals surface area contributed by atoms with E-state index in [0.29, 0.717) is 70.3 Å². The van der Waals surface area contributed by atoms with Gasteiger partial charge in [-0.2, -0.15) is 5.10 Å². The fourth-order valence-electron chi connectivity index (χ4n) is 4.34. The molecule has 0 radical (unpaired) electrons. The van der Waals surface area contributed by atoms with Crippen molar-refractivity contribution >= 4 is 11.8 Å². The van der Waals surface area contributed by atoms with Crippen LogP contribution < -0.4 is 0 Å². The van der Waals surface area contributed by atoms with Crippen LogP contribution in [0.5, 0.6) is 0 Å². The first-order chi connectivity index (χ1) is 16.7. The lowest BCUT2D eigenvalue weighted by Gasteiger charge is -2.36. The fraction of sp³-hybridized carbons (Fsp3) is 0.360. The number of para-hydroxylation sites is 1. The minimum Gasteiger partial charge on any atom is -0.378 e. The molecule has 0 spiro atoms. The van der Waals surface area contributed by atoms with Gasteiger partial charge in [0.05, 0.1) is 31.0 Å². The minimum absolute atomic E-state index is 0.0554. The molecule has 4 heterocycles. The van der Waals surface area contributed by atoms with Gasteiger partial charge < -0.3 is 14.5 Å². The highest BCUT2D eigenvalue weighted by Gasteiger charge is 2.28. The van der Waals surface area contributed by atoms with Crippen molar-refractivity contribution in [2.24, 2.45) is 0 Å². The Hall–Kier alpha value is -3.56. The van der Waals surface area contributed by atoms with Gasteiger partial charge in [0.25, 0.3) is 5.91 Å². The van der Waals surface area contributed by atoms with Crippen LogP contribution in [-0.4, -0.2) is 100 Å². The van der Waals surface area contributed by atoms with E-state index in [1.807, 2.05) is 52.3 Å². The summed E-state index contributed by atoms with van der Waals surface area (Å²) in [6.45, 7) is 5.35. The molecular formula is C25H28N6O3. The van der Waals surface area contributed by atoms with E-state index in [4.69, 9.17) is 9.84 Å². The molecule has 9 nitrogen and oxygen atoms in total. The van der Waals surface area contributed by atoms with Crippen molar-refractivity contribution in [1.29, 1.82) is 0 Å². The summed E-state index contributed by atoms with van der Waals surface area (Å²) in [7, 11) is 0. The normalized spacial score (nSPS) is 17.1. The monoisotopic (exact) mass is 460 g/mol. The van der Waals surface area contributed by atoms with E-state index in [1.54, 1.807) is 23.3 Å². The highest BCUT2D eigenvalue weighted by atomic mass is 16.5. The third-order valence-corrected chi connectivity index (χ3v) is 6.28. The standard InChI is InChI=1S/C25H28N6O3/c32-23(29-13-15-34-16-14-29)19-28-9-11-30(12-10-28)25(33)22-18-31(21-6-2-1-3-7-21)27-24(22)20-5-4-8-26-17-20/h1-8,17-18H,9-16,19H2. The lowest BCUT2D eigenvalue weighted by molar-refractivity contribution is -0.136. The molecule has 2 aliphatic rings. The van der Waals surface area contributed by atoms with Crippen molar-refractivity contribution in [3.63, 3.8) is 0 Å². The maximum absolute atomic E-state index is 13.6. The van der Waals surface area contributed by atoms with Gasteiger partial charge in [0, 0.05) is 63.4 Å². The summed E-state index contributed by atoms with van der Waals surface area (Å²) in [6.07, 6.45) is 5.23. The number of benzene rings is 1. The number of pyridine rings is 1. The molecule has 34 heavy (non-hydrogen) atoms. The summed E-state index contributed by atoms with van der Waals surface area (Å²) in [6, 6.07) is 13.5. The number of ether oxygens (including phenoxy) is 1. The van der Waals surface area contributed by atoms with E-state index in [2.05, 4.69) is 9.88 Å². The zero-order valence-electron chi connectivity index (χ0n) is 19.0. The third-order valence-electron chi connectivity index (χ3n) is 6.28. The molecule has 2 amide bonds. The average Bonchev–Trinajstić information content (AvgIpc) is 3.36. The van der Waals surface area contributed by atoms with E-state index in [9.17, 15) is 9.59 Å². The highest BCUT2D eigenvalue weighted by molar-refractivity contribution is 6.00. The summed E-state index contributed by atoms with van der Waals surface area (Å²) in [4.78, 5) is 36.2. The van der Waals surface area contributed by atoms with Crippen molar-refractivity contribution in [2.45, 2.75) is 0 Å². The van der Waals surface area contributed by atoms with Crippen LogP contribution in [0.25, 0.3) is 16.9 Å². The summed E-state index contributed by atoms with van der Waals surface area (Å²) in [5, 5.41) is 4.73. The van der Waals surface area contributed by atoms with Crippen LogP contribution in [0.3, 0.4) is 0 Å². The fourth-order valence-corrected chi connectivity index (χ4v) is 4.34. The van der Waals surface area contributed by atoms with Gasteiger partial charge in [-0.25, -0.2) is 4.68 Å². The molecule has 9 heteroatoms. The van der Waals surface area contributed by atoms with Crippen LogP contribution in [0.2, 0.25) is 0 Å². The first-order valence-corrected chi connectivity index (χ1v) is 11.6. The Morgan fingerprint density at radius 2 is 1.65 bits per heavy atom. The molecule has 0 bridgehead atoms. The quantitative estimate of drug-likeness (QED) is 0.575. The van der Waals surface area contributed by atoms with Crippen molar-refractivity contribution in [3.05, 3.63) is 66.6 Å². The topological polar surface area (TPSA) is 83.8 Å². The van der Waals surface area contributed by atoms with Crippen LogP contribution in [0.15, 0.2) is 61.1 Å². The Morgan fingerprint density at radius 3 is 2.35 bits per heavy atom. The number of hydrogen-bond acceptors (Lipinski definition) is 6. The maximum atomic E-state index is 13.6. The molecule has 2 fully saturated rings. The van der Waals surface area contributed by atoms with E-state index in [0.717, 1.165) is 11.3 Å². The van der Waals surface area contributed by atoms with Gasteiger partial charge in [-0.3, -0.25) is 19.5 Å². The summed E-state index contributed by atoms with van der Waals surface area (Å²) in [5.41, 5.74) is 2.86. The van der Waals surface area contributed by atoms with Gasteiger partial charge in [0.1, 0.15) is 5.69 Å². The van der Waals surface area contributed by atoms with E-state index < -0.39 is 0 Å². The maximum Gasteiger partial charge on any atom is 0.257 e. The number of rotatable bonds is 5. The molecular weight excluding hydrogens is 432 g/mol. The Bertz CT molecular complexity index is 1120. The highest BCUT2D eigenvalue weighted by Crippen LogP contribution is 2.25. The van der Waals surface area contributed by atoms with Gasteiger partial charge in [-0.15, -0.1) is 0 Å². The molecule has 0 unspecified atom stereocenters.